The van der Waals surface area contributed by atoms with E-state index in [0.717, 1.165) is 16.7 Å². The smallest absolute Gasteiger partial charge is 0.355 e. The van der Waals surface area contributed by atoms with Crippen LogP contribution in [0.15, 0.2) is 66.0 Å². The van der Waals surface area contributed by atoms with Crippen LogP contribution >= 0.6 is 0 Å². The molecule has 0 aromatic heterocycles. The van der Waals surface area contributed by atoms with E-state index >= 15 is 0 Å². The van der Waals surface area contributed by atoms with Crippen molar-refractivity contribution in [3.8, 4) is 11.5 Å². The van der Waals surface area contributed by atoms with Gasteiger partial charge in [0.15, 0.2) is 0 Å². The maximum Gasteiger partial charge on any atom is 0.355 e. The van der Waals surface area contributed by atoms with Gasteiger partial charge in [-0.05, 0) is 55.7 Å². The van der Waals surface area contributed by atoms with Gasteiger partial charge in [-0.2, -0.15) is 0 Å². The number of nitrogens with zero attached hydrogens (tertiary/aromatic N) is 2. The van der Waals surface area contributed by atoms with Gasteiger partial charge in [0.1, 0.15) is 17.2 Å². The lowest BCUT2D eigenvalue weighted by molar-refractivity contribution is -0.384. The lowest BCUT2D eigenvalue weighted by Gasteiger charge is -2.23. The van der Waals surface area contributed by atoms with Crippen LogP contribution in [0.5, 0.6) is 11.5 Å². The number of allylic oxidation sites excluding steroid dienone is 2. The third-order valence-electron chi connectivity index (χ3n) is 5.25. The predicted octanol–water partition coefficient (Wildman–Crippen LogP) is 4.80. The summed E-state index contributed by atoms with van der Waals surface area (Å²) in [6, 6.07) is 7.96. The Kier molecular flexibility index (Phi) is 7.15. The molecule has 9 nitrogen and oxygen atoms in total. The first-order chi connectivity index (χ1) is 16.2. The molecule has 2 aromatic carbocycles. The molecule has 0 atom stereocenters. The van der Waals surface area contributed by atoms with Crippen LogP contribution in [0.2, 0.25) is 0 Å². The molecule has 0 saturated heterocycles. The van der Waals surface area contributed by atoms with Gasteiger partial charge in [0.05, 0.1) is 36.5 Å². The molecular weight excluding hydrogens is 440 g/mol. The number of esters is 2. The predicted molar refractivity (Wildman–Crippen MR) is 126 cm³/mol. The molecule has 2 aromatic rings. The van der Waals surface area contributed by atoms with E-state index in [9.17, 15) is 19.7 Å². The Morgan fingerprint density at radius 2 is 1.65 bits per heavy atom. The van der Waals surface area contributed by atoms with Crippen molar-refractivity contribution in [2.45, 2.75) is 20.8 Å². The molecule has 0 radical (unpaired) electrons. The average Bonchev–Trinajstić information content (AvgIpc) is 3.04. The summed E-state index contributed by atoms with van der Waals surface area (Å²) >= 11 is 0. The van der Waals surface area contributed by atoms with Gasteiger partial charge in [-0.15, -0.1) is 0 Å². The number of hydrogen-bond acceptors (Lipinski definition) is 8. The summed E-state index contributed by atoms with van der Waals surface area (Å²) < 4.78 is 15.7. The number of hydrogen-bond donors (Lipinski definition) is 0. The highest BCUT2D eigenvalue weighted by atomic mass is 16.6. The van der Waals surface area contributed by atoms with E-state index in [4.69, 9.17) is 14.2 Å². The molecule has 9 heteroatoms. The topological polar surface area (TPSA) is 108 Å². The number of non-ortho nitro benzene ring substituents is 1. The zero-order valence-corrected chi connectivity index (χ0v) is 19.4. The third kappa shape index (κ3) is 4.98. The normalized spacial score (nSPS) is 12.9. The summed E-state index contributed by atoms with van der Waals surface area (Å²) in [6.07, 6.45) is 6.01. The van der Waals surface area contributed by atoms with Crippen molar-refractivity contribution in [3.05, 3.63) is 92.8 Å². The van der Waals surface area contributed by atoms with Crippen LogP contribution < -0.4 is 9.64 Å². The molecule has 0 fully saturated rings. The van der Waals surface area contributed by atoms with Crippen LogP contribution in [0.3, 0.4) is 0 Å². The fraction of sp³-hybridized carbons (Fsp3) is 0.200. The summed E-state index contributed by atoms with van der Waals surface area (Å²) in [5, 5.41) is 11.7. The zero-order valence-electron chi connectivity index (χ0n) is 19.4. The Hall–Kier alpha value is -4.40. The van der Waals surface area contributed by atoms with Crippen molar-refractivity contribution in [2.24, 2.45) is 0 Å². The van der Waals surface area contributed by atoms with E-state index < -0.39 is 16.9 Å². The van der Waals surface area contributed by atoms with Crippen molar-refractivity contribution >= 4 is 23.3 Å². The maximum absolute atomic E-state index is 12.7. The number of ether oxygens (including phenoxy) is 3. The minimum atomic E-state index is -0.823. The maximum atomic E-state index is 12.7. The first-order valence-corrected chi connectivity index (χ1v) is 10.3. The minimum Gasteiger partial charge on any atom is -0.465 e. The number of carbonyl (C=O) groups is 2. The molecule has 34 heavy (non-hydrogen) atoms. The molecule has 1 aliphatic rings. The van der Waals surface area contributed by atoms with Gasteiger partial charge in [0, 0.05) is 18.3 Å². The van der Waals surface area contributed by atoms with E-state index in [1.165, 1.54) is 49.6 Å². The lowest BCUT2D eigenvalue weighted by Crippen LogP contribution is -2.27. The average molecular weight is 464 g/mol. The van der Waals surface area contributed by atoms with Gasteiger partial charge in [-0.1, -0.05) is 12.1 Å². The van der Waals surface area contributed by atoms with Gasteiger partial charge < -0.3 is 19.1 Å². The van der Waals surface area contributed by atoms with Gasteiger partial charge in [-0.25, -0.2) is 9.59 Å². The van der Waals surface area contributed by atoms with E-state index in [1.54, 1.807) is 12.2 Å². The Morgan fingerprint density at radius 3 is 2.29 bits per heavy atom. The number of anilines is 1. The first kappa shape index (κ1) is 24.2. The fourth-order valence-electron chi connectivity index (χ4n) is 3.47. The molecule has 0 saturated carbocycles. The Morgan fingerprint density at radius 1 is 0.941 bits per heavy atom. The van der Waals surface area contributed by atoms with Crippen molar-refractivity contribution in [2.75, 3.05) is 19.1 Å². The van der Waals surface area contributed by atoms with Crippen LogP contribution in [-0.4, -0.2) is 31.1 Å². The minimum absolute atomic E-state index is 0.0709. The van der Waals surface area contributed by atoms with Gasteiger partial charge >= 0.3 is 11.9 Å². The number of rotatable bonds is 6. The lowest BCUT2D eigenvalue weighted by atomic mass is 10.1. The Balaban J connectivity index is 2.20. The van der Waals surface area contributed by atoms with Crippen molar-refractivity contribution in [1.82, 2.24) is 0 Å². The molecule has 0 unspecified atom stereocenters. The number of benzene rings is 2. The standard InChI is InChI=1S/C25H24N2O7/c1-15-10-16(2)17(3)22(11-15)34-20-13-18(12-19(14-20)27(30)31)26-9-7-6-8-21(24(28)32-4)23(26)25(29)33-5/h6-14H,1-5H3. The van der Waals surface area contributed by atoms with E-state index in [0.29, 0.717) is 5.75 Å². The van der Waals surface area contributed by atoms with Crippen molar-refractivity contribution in [3.63, 3.8) is 0 Å². The van der Waals surface area contributed by atoms with Crippen molar-refractivity contribution in [1.29, 1.82) is 0 Å². The molecule has 0 aliphatic carbocycles. The fourth-order valence-corrected chi connectivity index (χ4v) is 3.47. The molecule has 0 bridgehead atoms. The highest BCUT2D eigenvalue weighted by molar-refractivity contribution is 6.05. The Labute approximate surface area is 196 Å². The number of aryl methyl sites for hydroxylation is 2. The van der Waals surface area contributed by atoms with Crippen LogP contribution in [0, 0.1) is 30.9 Å². The zero-order chi connectivity index (χ0) is 25.0. The molecule has 1 heterocycles. The van der Waals surface area contributed by atoms with E-state index in [1.807, 2.05) is 32.9 Å². The molecular formula is C25H24N2O7. The SMILES string of the molecule is COC(=O)C1=C(C(=O)OC)N(c2cc(Oc3cc(C)cc(C)c3C)cc([N+](=O)[O-])c2)C=CC=C1. The highest BCUT2D eigenvalue weighted by Crippen LogP contribution is 2.36. The quantitative estimate of drug-likeness (QED) is 0.341. The molecule has 176 valence electrons. The molecule has 0 amide bonds. The molecule has 3 rings (SSSR count). The first-order valence-electron chi connectivity index (χ1n) is 10.3. The number of carbonyl (C=O) groups excluding carboxylic acids is 2. The third-order valence-corrected chi connectivity index (χ3v) is 5.25. The monoisotopic (exact) mass is 464 g/mol. The second-order valence-electron chi connectivity index (χ2n) is 7.57. The largest absolute Gasteiger partial charge is 0.465 e. The highest BCUT2D eigenvalue weighted by Gasteiger charge is 2.29. The molecule has 0 N–H and O–H groups in total. The van der Waals surface area contributed by atoms with Gasteiger partial charge in [0.25, 0.3) is 5.69 Å². The Bertz CT molecular complexity index is 1260. The number of methoxy groups -OCH3 is 2. The van der Waals surface area contributed by atoms with Crippen LogP contribution in [0.4, 0.5) is 11.4 Å². The number of nitro groups is 1. The number of nitro benzene ring substituents is 1. The van der Waals surface area contributed by atoms with Gasteiger partial charge in [-0.3, -0.25) is 10.1 Å². The van der Waals surface area contributed by atoms with Crippen LogP contribution in [-0.2, 0) is 19.1 Å². The van der Waals surface area contributed by atoms with E-state index in [2.05, 4.69) is 0 Å². The summed E-state index contributed by atoms with van der Waals surface area (Å²) in [7, 11) is 2.36. The van der Waals surface area contributed by atoms with Crippen LogP contribution in [0.25, 0.3) is 0 Å². The second-order valence-corrected chi connectivity index (χ2v) is 7.57. The second kappa shape index (κ2) is 10.0. The summed E-state index contributed by atoms with van der Waals surface area (Å²) in [5.74, 6) is -0.850. The van der Waals surface area contributed by atoms with E-state index in [-0.39, 0.29) is 28.4 Å². The van der Waals surface area contributed by atoms with Crippen LogP contribution in [0.1, 0.15) is 16.7 Å². The van der Waals surface area contributed by atoms with Crippen molar-refractivity contribution < 1.29 is 28.7 Å². The summed E-state index contributed by atoms with van der Waals surface area (Å²) in [5.41, 5.74) is 2.61. The summed E-state index contributed by atoms with van der Waals surface area (Å²) in [6.45, 7) is 5.77. The van der Waals surface area contributed by atoms with Gasteiger partial charge in [0.2, 0.25) is 0 Å². The molecule has 1 aliphatic heterocycles. The molecule has 0 spiro atoms. The summed E-state index contributed by atoms with van der Waals surface area (Å²) in [4.78, 5) is 37.5.